The van der Waals surface area contributed by atoms with Gasteiger partial charge in [0.25, 0.3) is 0 Å². The molecule has 2 aromatic rings. The van der Waals surface area contributed by atoms with Crippen molar-refractivity contribution in [2.75, 3.05) is 46.2 Å². The first-order valence-electron chi connectivity index (χ1n) is 14.3. The molecule has 11 heteroatoms. The second-order valence-electron chi connectivity index (χ2n) is 9.27. The van der Waals surface area contributed by atoms with Crippen molar-refractivity contribution < 1.29 is 36.3 Å². The standard InChI is InChI=1S/C29H45FN2O4.BF3/c1-3-5-7-8-9-10-11-25-21-31-29(32-22-25)26-12-14-28(15-13-26)36-24-27(30)23-35-20-19-34-18-17-33-16-6-4-2;2-1(3)4/h12-15,21-22,27H,3-11,16-20,23-24H2,1-2H3;/t27-;/m1./s1. The Balaban J connectivity index is 0.00000187. The summed E-state index contributed by atoms with van der Waals surface area (Å²) in [5, 5.41) is 0. The SMILES string of the molecule is CCCCCCCCc1cnc(-c2ccc(OC[C@H](F)COCCOCCOCCCC)cc2)nc1.FB(F)F. The van der Waals surface area contributed by atoms with Crippen LogP contribution >= 0.6 is 0 Å². The van der Waals surface area contributed by atoms with E-state index in [-0.39, 0.29) is 13.2 Å². The van der Waals surface area contributed by atoms with Gasteiger partial charge in [-0.25, -0.2) is 14.4 Å². The fraction of sp³-hybridized carbons (Fsp3) is 0.655. The minimum atomic E-state index is -3.67. The fourth-order valence-electron chi connectivity index (χ4n) is 3.57. The molecule has 0 aliphatic carbocycles. The van der Waals surface area contributed by atoms with Crippen LogP contribution in [0.4, 0.5) is 17.3 Å². The van der Waals surface area contributed by atoms with Gasteiger partial charge >= 0.3 is 7.54 Å². The number of alkyl halides is 1. The van der Waals surface area contributed by atoms with Crippen LogP contribution in [-0.2, 0) is 20.6 Å². The predicted octanol–water partition coefficient (Wildman–Crippen LogP) is 7.49. The summed E-state index contributed by atoms with van der Waals surface area (Å²) in [7, 11) is -3.67. The lowest BCUT2D eigenvalue weighted by molar-refractivity contribution is -0.00166. The number of halogens is 4. The lowest BCUT2D eigenvalue weighted by Gasteiger charge is -2.12. The molecule has 1 aromatic carbocycles. The Hall–Kier alpha value is -2.24. The number of benzene rings is 1. The van der Waals surface area contributed by atoms with Crippen LogP contribution in [-0.4, -0.2) is 69.9 Å². The van der Waals surface area contributed by atoms with E-state index in [0.29, 0.717) is 38.0 Å². The number of ether oxygens (including phenoxy) is 4. The predicted molar refractivity (Wildman–Crippen MR) is 151 cm³/mol. The number of hydrogen-bond acceptors (Lipinski definition) is 6. The number of hydrogen-bond donors (Lipinski definition) is 0. The molecule has 0 spiro atoms. The molecular weight excluding hydrogens is 527 g/mol. The molecule has 40 heavy (non-hydrogen) atoms. The maximum atomic E-state index is 14.1. The molecule has 226 valence electrons. The highest BCUT2D eigenvalue weighted by molar-refractivity contribution is 6.33. The molecule has 0 N–H and O–H groups in total. The third-order valence-electron chi connectivity index (χ3n) is 5.75. The summed E-state index contributed by atoms with van der Waals surface area (Å²) < 4.78 is 64.7. The maximum absolute atomic E-state index is 14.1. The zero-order valence-electron chi connectivity index (χ0n) is 24.0. The Morgan fingerprint density at radius 2 is 1.25 bits per heavy atom. The van der Waals surface area contributed by atoms with Crippen molar-refractivity contribution in [2.24, 2.45) is 0 Å². The van der Waals surface area contributed by atoms with Crippen LogP contribution in [0.3, 0.4) is 0 Å². The summed E-state index contributed by atoms with van der Waals surface area (Å²) in [6.45, 7) is 6.93. The zero-order valence-corrected chi connectivity index (χ0v) is 24.0. The average Bonchev–Trinajstić information content (AvgIpc) is 2.95. The summed E-state index contributed by atoms with van der Waals surface area (Å²) in [5.41, 5.74) is 2.08. The van der Waals surface area contributed by atoms with Crippen molar-refractivity contribution in [1.82, 2.24) is 9.97 Å². The molecule has 2 rings (SSSR count). The zero-order chi connectivity index (χ0) is 29.3. The normalized spacial score (nSPS) is 11.6. The quantitative estimate of drug-likeness (QED) is 0.0828. The molecule has 0 aliphatic rings. The molecule has 0 unspecified atom stereocenters. The van der Waals surface area contributed by atoms with E-state index in [2.05, 4.69) is 23.8 Å². The van der Waals surface area contributed by atoms with Crippen molar-refractivity contribution in [3.63, 3.8) is 0 Å². The van der Waals surface area contributed by atoms with E-state index >= 15 is 0 Å². The highest BCUT2D eigenvalue weighted by atomic mass is 19.4. The minimum Gasteiger partial charge on any atom is -0.490 e. The molecule has 0 aliphatic heterocycles. The molecule has 0 bridgehead atoms. The molecular formula is C29H45BF4N2O4. The number of rotatable bonds is 22. The summed E-state index contributed by atoms with van der Waals surface area (Å²) in [5.74, 6) is 1.28. The summed E-state index contributed by atoms with van der Waals surface area (Å²) in [6, 6.07) is 7.41. The first-order valence-corrected chi connectivity index (χ1v) is 14.3. The number of aromatic nitrogens is 2. The Bertz CT molecular complexity index is 833. The van der Waals surface area contributed by atoms with E-state index in [0.717, 1.165) is 31.4 Å². The minimum absolute atomic E-state index is 0.0205. The van der Waals surface area contributed by atoms with E-state index < -0.39 is 13.7 Å². The van der Waals surface area contributed by atoms with Gasteiger partial charge in [-0.1, -0.05) is 52.4 Å². The highest BCUT2D eigenvalue weighted by Gasteiger charge is 2.09. The van der Waals surface area contributed by atoms with Gasteiger partial charge in [0.15, 0.2) is 12.0 Å². The smallest absolute Gasteiger partial charge is 0.490 e. The Kier molecular flexibility index (Phi) is 22.0. The van der Waals surface area contributed by atoms with Crippen molar-refractivity contribution in [3.05, 3.63) is 42.2 Å². The first kappa shape index (κ1) is 35.8. The number of nitrogens with zero attached hydrogens (tertiary/aromatic N) is 2. The molecule has 0 saturated carbocycles. The molecule has 0 radical (unpaired) electrons. The third kappa shape index (κ3) is 19.8. The molecule has 0 amide bonds. The molecule has 0 fully saturated rings. The van der Waals surface area contributed by atoms with Gasteiger partial charge in [0.1, 0.15) is 12.4 Å². The lowest BCUT2D eigenvalue weighted by atomic mass is 10.1. The third-order valence-corrected chi connectivity index (χ3v) is 5.75. The van der Waals surface area contributed by atoms with Crippen LogP contribution in [0.25, 0.3) is 11.4 Å². The highest BCUT2D eigenvalue weighted by Crippen LogP contribution is 2.20. The molecule has 1 heterocycles. The van der Waals surface area contributed by atoms with Crippen molar-refractivity contribution in [1.29, 1.82) is 0 Å². The Labute approximate surface area is 237 Å². The van der Waals surface area contributed by atoms with E-state index in [1.807, 2.05) is 36.7 Å². The largest absolute Gasteiger partial charge is 0.762 e. The van der Waals surface area contributed by atoms with Gasteiger partial charge in [-0.2, -0.15) is 0 Å². The van der Waals surface area contributed by atoms with Crippen LogP contribution < -0.4 is 4.74 Å². The number of aryl methyl sites for hydroxylation is 1. The van der Waals surface area contributed by atoms with Crippen LogP contribution in [0.15, 0.2) is 36.7 Å². The van der Waals surface area contributed by atoms with Gasteiger partial charge in [-0.05, 0) is 49.1 Å². The Morgan fingerprint density at radius 1 is 0.700 bits per heavy atom. The molecule has 1 aromatic heterocycles. The van der Waals surface area contributed by atoms with Gasteiger partial charge in [0.2, 0.25) is 0 Å². The van der Waals surface area contributed by atoms with Crippen LogP contribution in [0.5, 0.6) is 5.75 Å². The van der Waals surface area contributed by atoms with Gasteiger partial charge < -0.3 is 18.9 Å². The van der Waals surface area contributed by atoms with Crippen molar-refractivity contribution in [2.45, 2.75) is 77.8 Å². The monoisotopic (exact) mass is 572 g/mol. The van der Waals surface area contributed by atoms with E-state index in [9.17, 15) is 17.3 Å². The summed E-state index contributed by atoms with van der Waals surface area (Å²) >= 11 is 0. The van der Waals surface area contributed by atoms with Crippen LogP contribution in [0, 0.1) is 0 Å². The average molecular weight is 572 g/mol. The van der Waals surface area contributed by atoms with Gasteiger partial charge in [0.05, 0.1) is 33.0 Å². The lowest BCUT2D eigenvalue weighted by Crippen LogP contribution is -2.20. The van der Waals surface area contributed by atoms with E-state index in [1.165, 1.54) is 44.1 Å². The molecule has 6 nitrogen and oxygen atoms in total. The van der Waals surface area contributed by atoms with Gasteiger partial charge in [0, 0.05) is 24.6 Å². The fourth-order valence-corrected chi connectivity index (χ4v) is 3.57. The second-order valence-corrected chi connectivity index (χ2v) is 9.27. The second kappa shape index (κ2) is 24.6. The van der Waals surface area contributed by atoms with Crippen molar-refractivity contribution >= 4 is 7.54 Å². The van der Waals surface area contributed by atoms with Gasteiger partial charge in [-0.3, -0.25) is 12.9 Å². The topological polar surface area (TPSA) is 62.7 Å². The van der Waals surface area contributed by atoms with Crippen LogP contribution in [0.2, 0.25) is 0 Å². The summed E-state index contributed by atoms with van der Waals surface area (Å²) in [4.78, 5) is 9.02. The molecule has 1 atom stereocenters. The van der Waals surface area contributed by atoms with Gasteiger partial charge in [-0.15, -0.1) is 0 Å². The first-order chi connectivity index (χ1) is 19.5. The Morgan fingerprint density at radius 3 is 1.88 bits per heavy atom. The van der Waals surface area contributed by atoms with E-state index in [1.54, 1.807) is 0 Å². The van der Waals surface area contributed by atoms with E-state index in [4.69, 9.17) is 18.9 Å². The van der Waals surface area contributed by atoms with Crippen molar-refractivity contribution in [3.8, 4) is 17.1 Å². The molecule has 0 saturated heterocycles. The maximum Gasteiger partial charge on any atom is 0.762 e. The number of unbranched alkanes of at least 4 members (excludes halogenated alkanes) is 6. The van der Waals surface area contributed by atoms with Crippen LogP contribution in [0.1, 0.15) is 70.8 Å². The summed E-state index contributed by atoms with van der Waals surface area (Å²) in [6.07, 6.45) is 13.5.